The lowest BCUT2D eigenvalue weighted by molar-refractivity contribution is 0.101. The highest BCUT2D eigenvalue weighted by molar-refractivity contribution is 6.30. The number of halogens is 1. The quantitative estimate of drug-likeness (QED) is 0.309. The van der Waals surface area contributed by atoms with E-state index in [1.54, 1.807) is 24.3 Å². The van der Waals surface area contributed by atoms with Gasteiger partial charge in [0, 0.05) is 11.1 Å². The van der Waals surface area contributed by atoms with E-state index in [1.165, 1.54) is 0 Å². The normalized spacial score (nSPS) is 13.7. The van der Waals surface area contributed by atoms with Gasteiger partial charge in [0.1, 0.15) is 18.1 Å². The maximum absolute atomic E-state index is 12.8. The number of ketones is 1. The van der Waals surface area contributed by atoms with Crippen LogP contribution in [0.1, 0.15) is 21.5 Å². The summed E-state index contributed by atoms with van der Waals surface area (Å²) in [5.41, 5.74) is 4.67. The average molecular weight is 439 g/mol. The van der Waals surface area contributed by atoms with E-state index in [4.69, 9.17) is 21.1 Å². The fourth-order valence-corrected chi connectivity index (χ4v) is 3.82. The number of ether oxygens (including phenoxy) is 2. The second-order valence-corrected chi connectivity index (χ2v) is 7.94. The standard InChI is InChI=1S/C28H19ClO3/c29-23-8-4-5-20(15-23)18-31-24-13-14-25-26(17-24)32-27(28(25)30)16-19-9-11-22(12-10-19)21-6-2-1-3-7-21/h1-17H,18H2/b27-16-. The van der Waals surface area contributed by atoms with Gasteiger partial charge in [0.2, 0.25) is 5.78 Å². The SMILES string of the molecule is O=C1/C(=C/c2ccc(-c3ccccc3)cc2)Oc2cc(OCc3cccc(Cl)c3)ccc21. The predicted molar refractivity (Wildman–Crippen MR) is 127 cm³/mol. The van der Waals surface area contributed by atoms with E-state index >= 15 is 0 Å². The summed E-state index contributed by atoms with van der Waals surface area (Å²) in [6.07, 6.45) is 1.77. The van der Waals surface area contributed by atoms with Gasteiger partial charge in [-0.25, -0.2) is 0 Å². The molecule has 4 heteroatoms. The first-order valence-electron chi connectivity index (χ1n) is 10.3. The average Bonchev–Trinajstić information content (AvgIpc) is 3.13. The molecule has 0 aromatic heterocycles. The highest BCUT2D eigenvalue weighted by atomic mass is 35.5. The van der Waals surface area contributed by atoms with Gasteiger partial charge in [0.15, 0.2) is 5.76 Å². The lowest BCUT2D eigenvalue weighted by atomic mass is 10.0. The van der Waals surface area contributed by atoms with Gasteiger partial charge >= 0.3 is 0 Å². The van der Waals surface area contributed by atoms with Crippen molar-refractivity contribution in [2.45, 2.75) is 6.61 Å². The molecule has 0 bridgehead atoms. The molecule has 3 nitrogen and oxygen atoms in total. The van der Waals surface area contributed by atoms with E-state index in [1.807, 2.05) is 66.7 Å². The van der Waals surface area contributed by atoms with E-state index in [2.05, 4.69) is 12.1 Å². The minimum atomic E-state index is -0.131. The van der Waals surface area contributed by atoms with Crippen LogP contribution in [0.4, 0.5) is 0 Å². The molecular formula is C28H19ClO3. The van der Waals surface area contributed by atoms with Crippen molar-refractivity contribution < 1.29 is 14.3 Å². The molecule has 0 fully saturated rings. The van der Waals surface area contributed by atoms with Crippen molar-refractivity contribution in [1.29, 1.82) is 0 Å². The third-order valence-electron chi connectivity index (χ3n) is 5.25. The maximum atomic E-state index is 12.8. The van der Waals surface area contributed by atoms with E-state index in [9.17, 15) is 4.79 Å². The number of hydrogen-bond donors (Lipinski definition) is 0. The summed E-state index contributed by atoms with van der Waals surface area (Å²) in [6, 6.07) is 31.0. The van der Waals surface area contributed by atoms with E-state index in [0.29, 0.717) is 34.5 Å². The fourth-order valence-electron chi connectivity index (χ4n) is 3.60. The molecule has 0 atom stereocenters. The van der Waals surface area contributed by atoms with Gasteiger partial charge in [-0.05, 0) is 52.6 Å². The second-order valence-electron chi connectivity index (χ2n) is 7.50. The Morgan fingerprint density at radius 2 is 1.59 bits per heavy atom. The lowest BCUT2D eigenvalue weighted by Gasteiger charge is -2.07. The van der Waals surface area contributed by atoms with Crippen LogP contribution in [0.5, 0.6) is 11.5 Å². The molecule has 1 aliphatic heterocycles. The molecule has 0 saturated carbocycles. The van der Waals surface area contributed by atoms with Crippen LogP contribution >= 0.6 is 11.6 Å². The van der Waals surface area contributed by atoms with Crippen LogP contribution in [0.25, 0.3) is 17.2 Å². The van der Waals surface area contributed by atoms with Crippen LogP contribution in [-0.4, -0.2) is 5.78 Å². The molecule has 0 N–H and O–H groups in total. The Morgan fingerprint density at radius 1 is 0.812 bits per heavy atom. The van der Waals surface area contributed by atoms with Crippen molar-refractivity contribution in [1.82, 2.24) is 0 Å². The second kappa shape index (κ2) is 8.74. The van der Waals surface area contributed by atoms with Gasteiger partial charge in [-0.1, -0.05) is 78.3 Å². The number of fused-ring (bicyclic) bond motifs is 1. The summed E-state index contributed by atoms with van der Waals surface area (Å²) in [4.78, 5) is 12.8. The molecule has 0 spiro atoms. The summed E-state index contributed by atoms with van der Waals surface area (Å²) in [5, 5.41) is 0.667. The first-order valence-corrected chi connectivity index (χ1v) is 10.6. The Hall–Kier alpha value is -3.82. The van der Waals surface area contributed by atoms with Crippen molar-refractivity contribution in [2.24, 2.45) is 0 Å². The molecule has 32 heavy (non-hydrogen) atoms. The fraction of sp³-hybridized carbons (Fsp3) is 0.0357. The molecule has 0 amide bonds. The van der Waals surface area contributed by atoms with Crippen LogP contribution in [0, 0.1) is 0 Å². The van der Waals surface area contributed by atoms with Gasteiger partial charge in [-0.2, -0.15) is 0 Å². The van der Waals surface area contributed by atoms with Crippen molar-refractivity contribution in [3.8, 4) is 22.6 Å². The molecule has 1 aliphatic rings. The minimum absolute atomic E-state index is 0.131. The lowest BCUT2D eigenvalue weighted by Crippen LogP contribution is -1.98. The molecule has 0 unspecified atom stereocenters. The van der Waals surface area contributed by atoms with Crippen molar-refractivity contribution in [3.05, 3.63) is 125 Å². The largest absolute Gasteiger partial charge is 0.489 e. The monoisotopic (exact) mass is 438 g/mol. The molecule has 1 heterocycles. The van der Waals surface area contributed by atoms with Gasteiger partial charge in [-0.15, -0.1) is 0 Å². The zero-order valence-corrected chi connectivity index (χ0v) is 17.9. The molecule has 156 valence electrons. The van der Waals surface area contributed by atoms with Crippen LogP contribution in [0.3, 0.4) is 0 Å². The number of hydrogen-bond acceptors (Lipinski definition) is 3. The number of benzene rings is 4. The van der Waals surface area contributed by atoms with Gasteiger partial charge in [0.05, 0.1) is 5.56 Å². The van der Waals surface area contributed by atoms with Gasteiger partial charge in [-0.3, -0.25) is 4.79 Å². The first-order chi connectivity index (χ1) is 15.7. The zero-order valence-electron chi connectivity index (χ0n) is 17.1. The molecule has 4 aromatic rings. The van der Waals surface area contributed by atoms with Crippen LogP contribution in [0.15, 0.2) is 103 Å². The molecule has 0 aliphatic carbocycles. The smallest absolute Gasteiger partial charge is 0.231 e. The van der Waals surface area contributed by atoms with Crippen LogP contribution in [-0.2, 0) is 6.61 Å². The summed E-state index contributed by atoms with van der Waals surface area (Å²) in [6.45, 7) is 0.379. The van der Waals surface area contributed by atoms with Gasteiger partial charge < -0.3 is 9.47 Å². The topological polar surface area (TPSA) is 35.5 Å². The van der Waals surface area contributed by atoms with Crippen LogP contribution in [0.2, 0.25) is 5.02 Å². The Bertz CT molecular complexity index is 1310. The molecule has 5 rings (SSSR count). The van der Waals surface area contributed by atoms with Gasteiger partial charge in [0.25, 0.3) is 0 Å². The summed E-state index contributed by atoms with van der Waals surface area (Å²) < 4.78 is 11.7. The Labute approximate surface area is 191 Å². The van der Waals surface area contributed by atoms with Crippen molar-refractivity contribution >= 4 is 23.5 Å². The molecule has 0 saturated heterocycles. The molecule has 4 aromatic carbocycles. The molecular weight excluding hydrogens is 420 g/mol. The first kappa shape index (κ1) is 20.1. The summed E-state index contributed by atoms with van der Waals surface area (Å²) in [5.74, 6) is 1.31. The van der Waals surface area contributed by atoms with E-state index in [-0.39, 0.29) is 5.78 Å². The Kier molecular flexibility index (Phi) is 5.49. The predicted octanol–water partition coefficient (Wildman–Crippen LogP) is 7.20. The summed E-state index contributed by atoms with van der Waals surface area (Å²) in [7, 11) is 0. The number of Topliss-reactive ketones (excluding diaryl/α,β-unsaturated/α-hetero) is 1. The van der Waals surface area contributed by atoms with Crippen LogP contribution < -0.4 is 9.47 Å². The highest BCUT2D eigenvalue weighted by Crippen LogP contribution is 2.35. The Balaban J connectivity index is 1.31. The maximum Gasteiger partial charge on any atom is 0.231 e. The number of allylic oxidation sites excluding steroid dienone is 1. The summed E-state index contributed by atoms with van der Waals surface area (Å²) >= 11 is 6.02. The zero-order chi connectivity index (χ0) is 21.9. The third-order valence-corrected chi connectivity index (χ3v) is 5.49. The number of rotatable bonds is 5. The minimum Gasteiger partial charge on any atom is -0.489 e. The van der Waals surface area contributed by atoms with E-state index in [0.717, 1.165) is 22.3 Å². The van der Waals surface area contributed by atoms with Crippen molar-refractivity contribution in [2.75, 3.05) is 0 Å². The third kappa shape index (κ3) is 4.29. The van der Waals surface area contributed by atoms with E-state index < -0.39 is 0 Å². The Morgan fingerprint density at radius 3 is 2.38 bits per heavy atom. The highest BCUT2D eigenvalue weighted by Gasteiger charge is 2.27. The number of carbonyl (C=O) groups is 1. The molecule has 0 radical (unpaired) electrons. The van der Waals surface area contributed by atoms with Crippen molar-refractivity contribution in [3.63, 3.8) is 0 Å². The number of carbonyl (C=O) groups excluding carboxylic acids is 1.